The summed E-state index contributed by atoms with van der Waals surface area (Å²) < 4.78 is 5.24. The van der Waals surface area contributed by atoms with Crippen molar-refractivity contribution >= 4 is 6.03 Å². The molecule has 124 valence electrons. The zero-order chi connectivity index (χ0) is 16.7. The van der Waals surface area contributed by atoms with Gasteiger partial charge in [-0.25, -0.2) is 4.79 Å². The number of hydrogen-bond acceptors (Lipinski definition) is 5. The summed E-state index contributed by atoms with van der Waals surface area (Å²) in [6.07, 6.45) is 0.822. The summed E-state index contributed by atoms with van der Waals surface area (Å²) in [4.78, 5) is 18.1. The Balaban J connectivity index is 2.02. The van der Waals surface area contributed by atoms with E-state index in [1.807, 2.05) is 37.3 Å². The Morgan fingerprint density at radius 3 is 2.74 bits per heavy atom. The van der Waals surface area contributed by atoms with E-state index >= 15 is 0 Å². The highest BCUT2D eigenvalue weighted by Gasteiger charge is 2.19. The van der Waals surface area contributed by atoms with Gasteiger partial charge in [0, 0.05) is 18.7 Å². The van der Waals surface area contributed by atoms with Gasteiger partial charge in [-0.3, -0.25) is 0 Å². The number of rotatable bonds is 7. The Morgan fingerprint density at radius 2 is 2.09 bits per heavy atom. The van der Waals surface area contributed by atoms with E-state index in [1.54, 1.807) is 11.8 Å². The van der Waals surface area contributed by atoms with Gasteiger partial charge in [0.15, 0.2) is 5.82 Å². The lowest BCUT2D eigenvalue weighted by Gasteiger charge is -2.23. The number of nitrogens with zero attached hydrogens (tertiary/aromatic N) is 3. The molecule has 0 aliphatic carbocycles. The molecule has 0 spiro atoms. The van der Waals surface area contributed by atoms with E-state index in [9.17, 15) is 4.79 Å². The van der Waals surface area contributed by atoms with Crippen LogP contribution in [0.5, 0.6) is 0 Å². The van der Waals surface area contributed by atoms with Gasteiger partial charge in [0.25, 0.3) is 5.89 Å². The highest BCUT2D eigenvalue weighted by Crippen LogP contribution is 2.18. The number of aliphatic hydroxyl groups excluding tert-OH is 1. The summed E-state index contributed by atoms with van der Waals surface area (Å²) in [7, 11) is 0. The van der Waals surface area contributed by atoms with Crippen LogP contribution < -0.4 is 5.32 Å². The summed E-state index contributed by atoms with van der Waals surface area (Å²) >= 11 is 0. The molecule has 7 heteroatoms. The molecule has 7 nitrogen and oxygen atoms in total. The second-order valence-corrected chi connectivity index (χ2v) is 5.21. The lowest BCUT2D eigenvalue weighted by Crippen LogP contribution is -2.43. The molecule has 0 aliphatic heterocycles. The molecule has 2 amide bonds. The first kappa shape index (κ1) is 17.0. The first-order valence-corrected chi connectivity index (χ1v) is 7.71. The molecule has 2 rings (SSSR count). The van der Waals surface area contributed by atoms with Crippen LogP contribution in [0.4, 0.5) is 4.79 Å². The van der Waals surface area contributed by atoms with Gasteiger partial charge in [0.05, 0.1) is 12.6 Å². The SMILES string of the molecule is CCCN(CCO)C(=O)NC(C)c1noc(-c2ccccc2)n1. The molecule has 1 aromatic heterocycles. The number of nitrogens with one attached hydrogen (secondary N) is 1. The summed E-state index contributed by atoms with van der Waals surface area (Å²) in [5.41, 5.74) is 0.831. The Kier molecular flexibility index (Phi) is 6.10. The molecule has 1 heterocycles. The topological polar surface area (TPSA) is 91.5 Å². The lowest BCUT2D eigenvalue weighted by molar-refractivity contribution is 0.174. The van der Waals surface area contributed by atoms with Crippen molar-refractivity contribution in [3.8, 4) is 11.5 Å². The van der Waals surface area contributed by atoms with Crippen molar-refractivity contribution in [2.45, 2.75) is 26.3 Å². The number of carbonyl (C=O) groups excluding carboxylic acids is 1. The summed E-state index contributed by atoms with van der Waals surface area (Å²) in [6.45, 7) is 4.59. The molecule has 0 aliphatic rings. The van der Waals surface area contributed by atoms with Crippen molar-refractivity contribution in [1.29, 1.82) is 0 Å². The maximum absolute atomic E-state index is 12.2. The van der Waals surface area contributed by atoms with Crippen LogP contribution in [0.2, 0.25) is 0 Å². The van der Waals surface area contributed by atoms with Crippen molar-refractivity contribution in [3.05, 3.63) is 36.2 Å². The van der Waals surface area contributed by atoms with Gasteiger partial charge in [-0.2, -0.15) is 4.98 Å². The predicted octanol–water partition coefficient (Wildman–Crippen LogP) is 2.21. The van der Waals surface area contributed by atoms with Gasteiger partial charge >= 0.3 is 6.03 Å². The van der Waals surface area contributed by atoms with Gasteiger partial charge in [0.2, 0.25) is 0 Å². The van der Waals surface area contributed by atoms with Crippen molar-refractivity contribution in [2.75, 3.05) is 19.7 Å². The monoisotopic (exact) mass is 318 g/mol. The number of carbonyl (C=O) groups is 1. The normalized spacial score (nSPS) is 12.0. The standard InChI is InChI=1S/C16H22N4O3/c1-3-9-20(10-11-21)16(22)17-12(2)14-18-15(23-19-14)13-7-5-4-6-8-13/h4-8,12,21H,3,9-11H2,1-2H3,(H,17,22). The average molecular weight is 318 g/mol. The third-order valence-electron chi connectivity index (χ3n) is 3.34. The Hall–Kier alpha value is -2.41. The molecule has 1 atom stereocenters. The van der Waals surface area contributed by atoms with Crippen molar-refractivity contribution in [3.63, 3.8) is 0 Å². The number of hydrogen-bond donors (Lipinski definition) is 2. The number of aromatic nitrogens is 2. The number of aliphatic hydroxyl groups is 1. The molecule has 0 saturated heterocycles. The van der Waals surface area contributed by atoms with Crippen molar-refractivity contribution in [2.24, 2.45) is 0 Å². The Bertz CT molecular complexity index is 609. The zero-order valence-electron chi connectivity index (χ0n) is 13.4. The predicted molar refractivity (Wildman–Crippen MR) is 85.6 cm³/mol. The smallest absolute Gasteiger partial charge is 0.318 e. The average Bonchev–Trinajstić information content (AvgIpc) is 3.05. The molecule has 23 heavy (non-hydrogen) atoms. The van der Waals surface area contributed by atoms with E-state index < -0.39 is 0 Å². The molecule has 2 N–H and O–H groups in total. The molecule has 0 radical (unpaired) electrons. The largest absolute Gasteiger partial charge is 0.395 e. The third kappa shape index (κ3) is 4.53. The lowest BCUT2D eigenvalue weighted by atomic mass is 10.2. The van der Waals surface area contributed by atoms with Crippen LogP contribution in [-0.4, -0.2) is 45.9 Å². The van der Waals surface area contributed by atoms with Crippen molar-refractivity contribution < 1.29 is 14.4 Å². The molecule has 1 unspecified atom stereocenters. The molecule has 0 saturated carbocycles. The first-order valence-electron chi connectivity index (χ1n) is 7.71. The summed E-state index contributed by atoms with van der Waals surface area (Å²) in [5.74, 6) is 0.833. The first-order chi connectivity index (χ1) is 11.2. The number of benzene rings is 1. The van der Waals surface area contributed by atoms with E-state index in [-0.39, 0.29) is 18.7 Å². The van der Waals surface area contributed by atoms with E-state index in [0.29, 0.717) is 24.8 Å². The maximum atomic E-state index is 12.2. The second kappa shape index (κ2) is 8.28. The quantitative estimate of drug-likeness (QED) is 0.816. The molecular weight excluding hydrogens is 296 g/mol. The van der Waals surface area contributed by atoms with Crippen LogP contribution in [0.1, 0.15) is 32.1 Å². The zero-order valence-corrected chi connectivity index (χ0v) is 13.4. The third-order valence-corrected chi connectivity index (χ3v) is 3.34. The fourth-order valence-electron chi connectivity index (χ4n) is 2.16. The molecule has 2 aromatic rings. The van der Waals surface area contributed by atoms with E-state index in [4.69, 9.17) is 9.63 Å². The highest BCUT2D eigenvalue weighted by atomic mass is 16.5. The Labute approximate surface area is 135 Å². The van der Waals surface area contributed by atoms with Gasteiger partial charge in [-0.05, 0) is 25.5 Å². The summed E-state index contributed by atoms with van der Waals surface area (Å²) in [6, 6.07) is 8.81. The molecular formula is C16H22N4O3. The second-order valence-electron chi connectivity index (χ2n) is 5.21. The van der Waals surface area contributed by atoms with Crippen LogP contribution >= 0.6 is 0 Å². The van der Waals surface area contributed by atoms with Crippen LogP contribution in [0.3, 0.4) is 0 Å². The minimum Gasteiger partial charge on any atom is -0.395 e. The minimum absolute atomic E-state index is 0.0673. The van der Waals surface area contributed by atoms with E-state index in [0.717, 1.165) is 12.0 Å². The van der Waals surface area contributed by atoms with Gasteiger partial charge < -0.3 is 19.8 Å². The Morgan fingerprint density at radius 1 is 1.35 bits per heavy atom. The van der Waals surface area contributed by atoms with Crippen molar-refractivity contribution in [1.82, 2.24) is 20.4 Å². The van der Waals surface area contributed by atoms with E-state index in [2.05, 4.69) is 15.5 Å². The van der Waals surface area contributed by atoms with Gasteiger partial charge in [-0.15, -0.1) is 0 Å². The van der Waals surface area contributed by atoms with Crippen LogP contribution in [-0.2, 0) is 0 Å². The van der Waals surface area contributed by atoms with Crippen LogP contribution in [0.15, 0.2) is 34.9 Å². The van der Waals surface area contributed by atoms with Crippen LogP contribution in [0, 0.1) is 0 Å². The fourth-order valence-corrected chi connectivity index (χ4v) is 2.16. The molecule has 1 aromatic carbocycles. The van der Waals surface area contributed by atoms with Gasteiger partial charge in [0.1, 0.15) is 0 Å². The van der Waals surface area contributed by atoms with E-state index in [1.165, 1.54) is 0 Å². The number of amides is 2. The summed E-state index contributed by atoms with van der Waals surface area (Å²) in [5, 5.41) is 15.8. The van der Waals surface area contributed by atoms with Gasteiger partial charge in [-0.1, -0.05) is 30.3 Å². The highest BCUT2D eigenvalue weighted by molar-refractivity contribution is 5.74. The van der Waals surface area contributed by atoms with Crippen LogP contribution in [0.25, 0.3) is 11.5 Å². The fraction of sp³-hybridized carbons (Fsp3) is 0.438. The minimum atomic E-state index is -0.387. The molecule has 0 bridgehead atoms. The maximum Gasteiger partial charge on any atom is 0.318 e. The molecule has 0 fully saturated rings. The number of urea groups is 1.